The minimum atomic E-state index is -0.735. The van der Waals surface area contributed by atoms with E-state index in [0.717, 1.165) is 23.1 Å². The molecule has 1 aromatic heterocycles. The fourth-order valence-electron chi connectivity index (χ4n) is 5.22. The number of nitrogens with zero attached hydrogens (tertiary/aromatic N) is 2. The smallest absolute Gasteiger partial charge is 0.351 e. The number of rotatable bonds is 5. The molecule has 35 heavy (non-hydrogen) atoms. The van der Waals surface area contributed by atoms with Gasteiger partial charge < -0.3 is 19.9 Å². The largest absolute Gasteiger partial charge is 0.391 e. The standard InChI is InChI=1S/C28H25N3O4/c32-17-26-34-18-25(35-26)31-15-14-24(29-27(31)33)30-28(21-10-2-1-3-11-21)22-12-6-4-8-19(22)16-20-9-5-7-13-23(20)28/h1-15,25-26,32H,16-18H2,(H,29,30,33)/t25-,26-/m0/s1. The van der Waals surface area contributed by atoms with Gasteiger partial charge in [-0.25, -0.2) is 4.79 Å². The molecule has 2 N–H and O–H groups in total. The molecular weight excluding hydrogens is 442 g/mol. The Labute approximate surface area is 202 Å². The predicted octanol–water partition coefficient (Wildman–Crippen LogP) is 3.42. The average Bonchev–Trinajstić information content (AvgIpc) is 3.38. The van der Waals surface area contributed by atoms with Gasteiger partial charge in [-0.3, -0.25) is 4.57 Å². The average molecular weight is 468 g/mol. The number of hydrogen-bond acceptors (Lipinski definition) is 6. The van der Waals surface area contributed by atoms with E-state index in [2.05, 4.69) is 58.8 Å². The van der Waals surface area contributed by atoms with Gasteiger partial charge in [0.15, 0.2) is 12.5 Å². The summed E-state index contributed by atoms with van der Waals surface area (Å²) in [5.41, 5.74) is 4.59. The Morgan fingerprint density at radius 3 is 2.23 bits per heavy atom. The Balaban J connectivity index is 1.49. The van der Waals surface area contributed by atoms with Crippen LogP contribution in [0.4, 0.5) is 5.82 Å². The normalized spacial score (nSPS) is 20.1. The molecular formula is C28H25N3O4. The lowest BCUT2D eigenvalue weighted by molar-refractivity contribution is -0.0992. The molecule has 4 aromatic rings. The highest BCUT2D eigenvalue weighted by Gasteiger charge is 2.42. The van der Waals surface area contributed by atoms with Crippen molar-refractivity contribution in [2.45, 2.75) is 24.5 Å². The summed E-state index contributed by atoms with van der Waals surface area (Å²) < 4.78 is 12.3. The van der Waals surface area contributed by atoms with E-state index in [1.807, 2.05) is 30.3 Å². The van der Waals surface area contributed by atoms with Gasteiger partial charge in [-0.15, -0.1) is 0 Å². The van der Waals surface area contributed by atoms with Gasteiger partial charge in [0.05, 0.1) is 13.2 Å². The Hall–Kier alpha value is -3.78. The quantitative estimate of drug-likeness (QED) is 0.468. The van der Waals surface area contributed by atoms with Crippen LogP contribution in [0.15, 0.2) is 95.9 Å². The molecule has 6 rings (SSSR count). The minimum Gasteiger partial charge on any atom is -0.391 e. The fourth-order valence-corrected chi connectivity index (χ4v) is 5.22. The van der Waals surface area contributed by atoms with Gasteiger partial charge in [0, 0.05) is 6.20 Å². The van der Waals surface area contributed by atoms with Gasteiger partial charge in [-0.05, 0) is 40.3 Å². The number of ether oxygens (including phenoxy) is 2. The van der Waals surface area contributed by atoms with Crippen LogP contribution in [-0.4, -0.2) is 34.2 Å². The number of nitrogens with one attached hydrogen (secondary N) is 1. The van der Waals surface area contributed by atoms with Crippen LogP contribution >= 0.6 is 0 Å². The predicted molar refractivity (Wildman–Crippen MR) is 131 cm³/mol. The minimum absolute atomic E-state index is 0.175. The third-order valence-corrected chi connectivity index (χ3v) is 6.77. The molecule has 0 bridgehead atoms. The first-order chi connectivity index (χ1) is 17.2. The molecule has 2 atom stereocenters. The fraction of sp³-hybridized carbons (Fsp3) is 0.214. The van der Waals surface area contributed by atoms with Gasteiger partial charge >= 0.3 is 5.69 Å². The van der Waals surface area contributed by atoms with Crippen LogP contribution in [0.3, 0.4) is 0 Å². The second kappa shape index (κ2) is 8.78. The van der Waals surface area contributed by atoms with Crippen LogP contribution in [0.2, 0.25) is 0 Å². The molecule has 0 spiro atoms. The van der Waals surface area contributed by atoms with Crippen LogP contribution in [0.1, 0.15) is 34.0 Å². The molecule has 1 saturated heterocycles. The molecule has 7 heteroatoms. The van der Waals surface area contributed by atoms with Crippen molar-refractivity contribution in [3.8, 4) is 0 Å². The van der Waals surface area contributed by atoms with E-state index in [9.17, 15) is 9.90 Å². The van der Waals surface area contributed by atoms with Gasteiger partial charge in [0.2, 0.25) is 0 Å². The third kappa shape index (κ3) is 3.65. The Bertz CT molecular complexity index is 1370. The van der Waals surface area contributed by atoms with Crippen molar-refractivity contribution in [1.82, 2.24) is 9.55 Å². The highest BCUT2D eigenvalue weighted by Crippen LogP contribution is 2.46. The number of hydrogen-bond donors (Lipinski definition) is 2. The molecule has 0 saturated carbocycles. The molecule has 0 radical (unpaired) electrons. The van der Waals surface area contributed by atoms with Gasteiger partial charge in [0.25, 0.3) is 0 Å². The first-order valence-electron chi connectivity index (χ1n) is 11.7. The maximum atomic E-state index is 13.0. The van der Waals surface area contributed by atoms with Crippen LogP contribution in [-0.2, 0) is 21.4 Å². The number of aliphatic hydroxyl groups is 1. The summed E-state index contributed by atoms with van der Waals surface area (Å²) in [6.45, 7) is -0.0922. The molecule has 1 aliphatic heterocycles. The van der Waals surface area contributed by atoms with E-state index in [1.54, 1.807) is 12.3 Å². The van der Waals surface area contributed by atoms with Crippen molar-refractivity contribution in [2.24, 2.45) is 0 Å². The highest BCUT2D eigenvalue weighted by atomic mass is 16.7. The van der Waals surface area contributed by atoms with Gasteiger partial charge in [-0.1, -0.05) is 78.9 Å². The summed E-state index contributed by atoms with van der Waals surface area (Å²) in [5, 5.41) is 12.9. The second-order valence-corrected chi connectivity index (χ2v) is 8.77. The van der Waals surface area contributed by atoms with E-state index >= 15 is 0 Å². The van der Waals surface area contributed by atoms with Gasteiger partial charge in [-0.2, -0.15) is 4.98 Å². The molecule has 0 unspecified atom stereocenters. The number of benzene rings is 3. The maximum absolute atomic E-state index is 13.0. The molecule has 176 valence electrons. The van der Waals surface area contributed by atoms with Crippen LogP contribution in [0, 0.1) is 0 Å². The van der Waals surface area contributed by atoms with E-state index in [4.69, 9.17) is 9.47 Å². The lowest BCUT2D eigenvalue weighted by Crippen LogP contribution is -2.43. The Morgan fingerprint density at radius 1 is 0.943 bits per heavy atom. The Morgan fingerprint density at radius 2 is 1.60 bits per heavy atom. The molecule has 1 aliphatic carbocycles. The molecule has 7 nitrogen and oxygen atoms in total. The molecule has 3 aromatic carbocycles. The zero-order chi connectivity index (χ0) is 23.8. The zero-order valence-electron chi connectivity index (χ0n) is 19.0. The molecule has 2 aliphatic rings. The van der Waals surface area contributed by atoms with Crippen molar-refractivity contribution < 1.29 is 14.6 Å². The zero-order valence-corrected chi connectivity index (χ0v) is 19.0. The monoisotopic (exact) mass is 467 g/mol. The molecule has 0 amide bonds. The summed E-state index contributed by atoms with van der Waals surface area (Å²) in [4.78, 5) is 17.4. The second-order valence-electron chi connectivity index (χ2n) is 8.77. The SMILES string of the molecule is O=c1nc(NC2(c3ccccc3)c3ccccc3Cc3ccccc32)ccn1[C@@H]1CO[C@H](CO)O1. The number of aliphatic hydroxyl groups excluding tert-OH is 1. The topological polar surface area (TPSA) is 85.6 Å². The lowest BCUT2D eigenvalue weighted by Gasteiger charge is -2.42. The van der Waals surface area contributed by atoms with Crippen molar-refractivity contribution in [3.63, 3.8) is 0 Å². The van der Waals surface area contributed by atoms with Crippen molar-refractivity contribution >= 4 is 5.82 Å². The summed E-state index contributed by atoms with van der Waals surface area (Å²) in [6.07, 6.45) is 1.13. The van der Waals surface area contributed by atoms with Gasteiger partial charge in [0.1, 0.15) is 11.4 Å². The summed E-state index contributed by atoms with van der Waals surface area (Å²) in [6, 6.07) is 28.9. The highest BCUT2D eigenvalue weighted by molar-refractivity contribution is 5.64. The molecule has 2 heterocycles. The number of anilines is 1. The first kappa shape index (κ1) is 21.7. The first-order valence-corrected chi connectivity index (χ1v) is 11.7. The van der Waals surface area contributed by atoms with Crippen LogP contribution < -0.4 is 11.0 Å². The number of fused-ring (bicyclic) bond motifs is 2. The van der Waals surface area contributed by atoms with Crippen LogP contribution in [0.25, 0.3) is 0 Å². The lowest BCUT2D eigenvalue weighted by atomic mass is 9.69. The van der Waals surface area contributed by atoms with E-state index in [0.29, 0.717) is 5.82 Å². The molecule has 1 fully saturated rings. The van der Waals surface area contributed by atoms with Crippen molar-refractivity contribution in [3.05, 3.63) is 129 Å². The third-order valence-electron chi connectivity index (χ3n) is 6.77. The maximum Gasteiger partial charge on any atom is 0.351 e. The van der Waals surface area contributed by atoms with E-state index in [-0.39, 0.29) is 13.2 Å². The Kier molecular flexibility index (Phi) is 5.45. The van der Waals surface area contributed by atoms with Crippen molar-refractivity contribution in [2.75, 3.05) is 18.5 Å². The van der Waals surface area contributed by atoms with Crippen molar-refractivity contribution in [1.29, 1.82) is 0 Å². The summed E-state index contributed by atoms with van der Waals surface area (Å²) >= 11 is 0. The van der Waals surface area contributed by atoms with Crippen LogP contribution in [0.5, 0.6) is 0 Å². The van der Waals surface area contributed by atoms with E-state index in [1.165, 1.54) is 15.7 Å². The summed E-state index contributed by atoms with van der Waals surface area (Å²) in [7, 11) is 0. The summed E-state index contributed by atoms with van der Waals surface area (Å²) in [5.74, 6) is 0.458. The van der Waals surface area contributed by atoms with E-state index < -0.39 is 23.7 Å². The number of aromatic nitrogens is 2.